The summed E-state index contributed by atoms with van der Waals surface area (Å²) in [4.78, 5) is 41.2. The molecule has 2 N–H and O–H groups in total. The Balaban J connectivity index is 1.58. The number of hydrogen-bond acceptors (Lipinski definition) is 5. The Hall–Kier alpha value is -1.17. The van der Waals surface area contributed by atoms with E-state index in [9.17, 15) is 22.8 Å². The van der Waals surface area contributed by atoms with Crippen molar-refractivity contribution in [3.63, 3.8) is 0 Å². The van der Waals surface area contributed by atoms with Crippen LogP contribution < -0.4 is 10.0 Å². The molecule has 33 heavy (non-hydrogen) atoms. The molecule has 3 amide bonds. The number of sulfonamides is 1. The van der Waals surface area contributed by atoms with Gasteiger partial charge in [-0.1, -0.05) is 48.6 Å². The fraction of sp³-hybridized carbons (Fsp3) is 0.783. The fourth-order valence-electron chi connectivity index (χ4n) is 5.22. The summed E-state index contributed by atoms with van der Waals surface area (Å²) < 4.78 is 27.2. The van der Waals surface area contributed by atoms with Crippen molar-refractivity contribution in [1.29, 1.82) is 0 Å². The first-order valence-electron chi connectivity index (χ1n) is 12.0. The van der Waals surface area contributed by atoms with Gasteiger partial charge in [0.2, 0.25) is 21.8 Å². The molecule has 3 fully saturated rings. The van der Waals surface area contributed by atoms with Gasteiger partial charge in [0.1, 0.15) is 11.6 Å². The van der Waals surface area contributed by atoms with Crippen molar-refractivity contribution in [2.24, 2.45) is 17.8 Å². The van der Waals surface area contributed by atoms with Crippen LogP contribution >= 0.6 is 22.6 Å². The molecule has 0 aromatic rings. The summed E-state index contributed by atoms with van der Waals surface area (Å²) in [5.74, 6) is -0.610. The van der Waals surface area contributed by atoms with Crippen LogP contribution in [0.1, 0.15) is 65.2 Å². The number of rotatable bonds is 3. The molecular weight excluding hydrogens is 557 g/mol. The smallest absolute Gasteiger partial charge is 0.259 e. The molecule has 2 aliphatic heterocycles. The molecule has 4 aliphatic rings. The third kappa shape index (κ3) is 5.57. The van der Waals surface area contributed by atoms with Crippen LogP contribution in [0.5, 0.6) is 0 Å². The van der Waals surface area contributed by atoms with Crippen molar-refractivity contribution in [2.75, 3.05) is 6.54 Å². The molecule has 2 saturated carbocycles. The first-order chi connectivity index (χ1) is 15.5. The number of nitrogens with zero attached hydrogens (tertiary/aromatic N) is 1. The molecule has 2 aliphatic carbocycles. The Morgan fingerprint density at radius 3 is 2.61 bits per heavy atom. The van der Waals surface area contributed by atoms with Crippen molar-refractivity contribution in [3.8, 4) is 0 Å². The molecule has 0 aromatic heterocycles. The maximum Gasteiger partial charge on any atom is 0.259 e. The van der Waals surface area contributed by atoms with E-state index < -0.39 is 32.8 Å². The van der Waals surface area contributed by atoms with Gasteiger partial charge in [-0.2, -0.15) is 0 Å². The average molecular weight is 592 g/mol. The SMILES string of the molecule is C[C@H]1CC/C=C\[C@H]2C[C@@]2(C(=O)NS(=O)(=O)C2CC2)NC(=O)[C@@H]2C[C@@H](I)CN2C(=O)C[C@H](C)C1. The van der Waals surface area contributed by atoms with Crippen molar-refractivity contribution < 1.29 is 22.8 Å². The van der Waals surface area contributed by atoms with Gasteiger partial charge in [-0.25, -0.2) is 8.42 Å². The molecule has 184 valence electrons. The average Bonchev–Trinajstić information content (AvgIpc) is 3.62. The number of fused-ring (bicyclic) bond motifs is 2. The van der Waals surface area contributed by atoms with E-state index in [1.54, 1.807) is 4.90 Å². The van der Waals surface area contributed by atoms with Crippen LogP contribution in [0, 0.1) is 17.8 Å². The summed E-state index contributed by atoms with van der Waals surface area (Å²) in [6.45, 7) is 4.79. The quantitative estimate of drug-likeness (QED) is 0.297. The van der Waals surface area contributed by atoms with Crippen molar-refractivity contribution in [1.82, 2.24) is 14.9 Å². The highest BCUT2D eigenvalue weighted by Gasteiger charge is 2.62. The number of hydrogen-bond donors (Lipinski definition) is 2. The van der Waals surface area contributed by atoms with E-state index in [0.717, 1.165) is 19.3 Å². The molecule has 4 rings (SSSR count). The largest absolute Gasteiger partial charge is 0.339 e. The first-order valence-corrected chi connectivity index (χ1v) is 14.8. The molecule has 0 unspecified atom stereocenters. The first kappa shape index (κ1) is 24.9. The Kier molecular flexibility index (Phi) is 7.15. The molecule has 0 aromatic carbocycles. The highest BCUT2D eigenvalue weighted by atomic mass is 127. The number of carbonyl (C=O) groups is 3. The normalized spacial score (nSPS) is 38.9. The third-order valence-electron chi connectivity index (χ3n) is 7.36. The van der Waals surface area contributed by atoms with Gasteiger partial charge >= 0.3 is 0 Å². The zero-order valence-corrected chi connectivity index (χ0v) is 22.2. The third-order valence-corrected chi connectivity index (χ3v) is 10.1. The van der Waals surface area contributed by atoms with Gasteiger partial charge in [-0.3, -0.25) is 19.1 Å². The zero-order chi connectivity index (χ0) is 24.0. The maximum absolute atomic E-state index is 13.4. The van der Waals surface area contributed by atoms with Crippen LogP contribution in [0.25, 0.3) is 0 Å². The lowest BCUT2D eigenvalue weighted by Gasteiger charge is -2.28. The minimum atomic E-state index is -3.72. The number of alkyl halides is 1. The fourth-order valence-corrected chi connectivity index (χ4v) is 7.49. The maximum atomic E-state index is 13.4. The number of carbonyl (C=O) groups excluding carboxylic acids is 3. The Bertz CT molecular complexity index is 950. The van der Waals surface area contributed by atoms with E-state index in [0.29, 0.717) is 44.6 Å². The molecule has 0 bridgehead atoms. The van der Waals surface area contributed by atoms with Gasteiger partial charge in [0.05, 0.1) is 5.25 Å². The van der Waals surface area contributed by atoms with E-state index in [4.69, 9.17) is 0 Å². The minimum Gasteiger partial charge on any atom is -0.339 e. The number of halogens is 1. The molecule has 0 spiro atoms. The van der Waals surface area contributed by atoms with E-state index >= 15 is 0 Å². The van der Waals surface area contributed by atoms with Crippen LogP contribution in [0.2, 0.25) is 0 Å². The summed E-state index contributed by atoms with van der Waals surface area (Å²) in [5, 5.41) is 2.37. The Morgan fingerprint density at radius 1 is 1.18 bits per heavy atom. The molecule has 10 heteroatoms. The van der Waals surface area contributed by atoms with Gasteiger partial charge in [-0.15, -0.1) is 0 Å². The number of amides is 3. The van der Waals surface area contributed by atoms with Crippen LogP contribution in [-0.2, 0) is 24.4 Å². The lowest BCUT2D eigenvalue weighted by molar-refractivity contribution is -0.140. The molecule has 2 heterocycles. The van der Waals surface area contributed by atoms with E-state index in [-0.39, 0.29) is 27.6 Å². The van der Waals surface area contributed by atoms with E-state index in [1.807, 2.05) is 12.2 Å². The monoisotopic (exact) mass is 591 g/mol. The zero-order valence-electron chi connectivity index (χ0n) is 19.3. The molecule has 0 radical (unpaired) electrons. The number of nitrogens with one attached hydrogen (secondary N) is 2. The highest BCUT2D eigenvalue weighted by Crippen LogP contribution is 2.46. The second kappa shape index (κ2) is 9.47. The van der Waals surface area contributed by atoms with Crippen LogP contribution in [0.3, 0.4) is 0 Å². The predicted molar refractivity (Wildman–Crippen MR) is 133 cm³/mol. The standard InChI is InChI=1S/C23H34IN3O5S/c1-14-5-3-4-6-16-12-23(16,22(30)26-33(31,32)18-7-8-18)25-21(29)19-11-17(24)13-27(19)20(28)10-15(2)9-14/h4,6,14-19H,3,5,7-13H2,1-2H3,(H,25,29)(H,26,30)/b6-4-/t14-,15+,16-,17+,19-,23+/m0/s1. The van der Waals surface area contributed by atoms with Gasteiger partial charge < -0.3 is 10.2 Å². The van der Waals surface area contributed by atoms with Crippen molar-refractivity contribution >= 4 is 50.3 Å². The summed E-state index contributed by atoms with van der Waals surface area (Å²) in [6.07, 6.45) is 9.16. The Morgan fingerprint density at radius 2 is 1.91 bits per heavy atom. The molecular formula is C23H34IN3O5S. The minimum absolute atomic E-state index is 0.0239. The summed E-state index contributed by atoms with van der Waals surface area (Å²) in [5.41, 5.74) is -1.27. The van der Waals surface area contributed by atoms with Gasteiger partial charge in [-0.05, 0) is 56.8 Å². The van der Waals surface area contributed by atoms with E-state index in [1.165, 1.54) is 0 Å². The second-order valence-corrected chi connectivity index (χ2v) is 14.2. The van der Waals surface area contributed by atoms with Crippen LogP contribution in [-0.4, -0.2) is 58.3 Å². The van der Waals surface area contributed by atoms with Crippen LogP contribution in [0.4, 0.5) is 0 Å². The van der Waals surface area contributed by atoms with Gasteiger partial charge in [0.25, 0.3) is 5.91 Å². The molecule has 6 atom stereocenters. The molecule has 8 nitrogen and oxygen atoms in total. The Labute approximate surface area is 209 Å². The highest BCUT2D eigenvalue weighted by molar-refractivity contribution is 14.1. The second-order valence-electron chi connectivity index (χ2n) is 10.5. The topological polar surface area (TPSA) is 113 Å². The van der Waals surface area contributed by atoms with Crippen molar-refractivity contribution in [3.05, 3.63) is 12.2 Å². The predicted octanol–water partition coefficient (Wildman–Crippen LogP) is 2.28. The lowest BCUT2D eigenvalue weighted by atomic mass is 9.91. The summed E-state index contributed by atoms with van der Waals surface area (Å²) in [6, 6.07) is -0.635. The summed E-state index contributed by atoms with van der Waals surface area (Å²) >= 11 is 2.26. The van der Waals surface area contributed by atoms with Gasteiger partial charge in [0, 0.05) is 22.8 Å². The number of allylic oxidation sites excluding steroid dienone is 1. The lowest BCUT2D eigenvalue weighted by Crippen LogP contribution is -2.56. The van der Waals surface area contributed by atoms with Crippen LogP contribution in [0.15, 0.2) is 12.2 Å². The molecule has 1 saturated heterocycles. The van der Waals surface area contributed by atoms with Gasteiger partial charge in [0.15, 0.2) is 0 Å². The van der Waals surface area contributed by atoms with Crippen molar-refractivity contribution in [2.45, 2.75) is 86.0 Å². The summed E-state index contributed by atoms with van der Waals surface area (Å²) in [7, 11) is -3.72. The van der Waals surface area contributed by atoms with E-state index in [2.05, 4.69) is 46.5 Å².